The molecule has 0 radical (unpaired) electrons. The van der Waals surface area contributed by atoms with Crippen LogP contribution in [0.25, 0.3) is 0 Å². The van der Waals surface area contributed by atoms with Gasteiger partial charge in [0.05, 0.1) is 7.11 Å². The van der Waals surface area contributed by atoms with Crippen molar-refractivity contribution in [3.8, 4) is 0 Å². The highest BCUT2D eigenvalue weighted by Gasteiger charge is 2.48. The predicted octanol–water partition coefficient (Wildman–Crippen LogP) is 3.13. The van der Waals surface area contributed by atoms with E-state index in [0.717, 1.165) is 37.0 Å². The summed E-state index contributed by atoms with van der Waals surface area (Å²) in [5.41, 5.74) is -0.520. The summed E-state index contributed by atoms with van der Waals surface area (Å²) in [7, 11) is 1.46. The second kappa shape index (κ2) is 5.97. The van der Waals surface area contributed by atoms with Gasteiger partial charge in [-0.15, -0.1) is 11.8 Å². The summed E-state index contributed by atoms with van der Waals surface area (Å²) < 4.78 is 18.0. The summed E-state index contributed by atoms with van der Waals surface area (Å²) in [4.78, 5) is 13.2. The largest absolute Gasteiger partial charge is 0.468 e. The number of hydrogen-bond acceptors (Lipinski definition) is 4. The van der Waals surface area contributed by atoms with Gasteiger partial charge >= 0.3 is 5.97 Å². The molecule has 5 heteroatoms. The molecule has 1 aromatic carbocycles. The molecule has 2 fully saturated rings. The van der Waals surface area contributed by atoms with Crippen LogP contribution in [0.2, 0.25) is 0 Å². The lowest BCUT2D eigenvalue weighted by Gasteiger charge is -2.27. The number of carbonyl (C=O) groups excluding carboxylic acids is 1. The molecule has 1 aromatic rings. The molecule has 3 nitrogen and oxygen atoms in total. The minimum atomic E-state index is -0.520. The first-order valence-electron chi connectivity index (χ1n) is 7.40. The van der Waals surface area contributed by atoms with Gasteiger partial charge in [-0.3, -0.25) is 10.1 Å². The zero-order chi connectivity index (χ0) is 14.9. The maximum atomic E-state index is 12.9. The number of esters is 1. The van der Waals surface area contributed by atoms with Gasteiger partial charge in [-0.2, -0.15) is 0 Å². The number of rotatable bonds is 5. The summed E-state index contributed by atoms with van der Waals surface area (Å²) in [5.74, 6) is -0.360. The number of benzene rings is 1. The fourth-order valence-corrected chi connectivity index (χ4v) is 4.28. The first-order chi connectivity index (χ1) is 10.1. The normalized spacial score (nSPS) is 28.6. The molecule has 114 valence electrons. The highest BCUT2D eigenvalue weighted by Crippen LogP contribution is 2.42. The van der Waals surface area contributed by atoms with Crippen molar-refractivity contribution in [3.05, 3.63) is 30.1 Å². The zero-order valence-corrected chi connectivity index (χ0v) is 12.9. The Labute approximate surface area is 128 Å². The van der Waals surface area contributed by atoms with E-state index < -0.39 is 5.54 Å². The van der Waals surface area contributed by atoms with Crippen molar-refractivity contribution in [1.82, 2.24) is 5.32 Å². The molecule has 0 amide bonds. The van der Waals surface area contributed by atoms with Gasteiger partial charge in [-0.25, -0.2) is 4.39 Å². The number of hydrogen-bond donors (Lipinski definition) is 1. The number of nitrogens with one attached hydrogen (secondary N) is 1. The maximum Gasteiger partial charge on any atom is 0.326 e. The first-order valence-corrected chi connectivity index (χ1v) is 8.28. The molecule has 0 saturated heterocycles. The van der Waals surface area contributed by atoms with E-state index in [-0.39, 0.29) is 11.8 Å². The topological polar surface area (TPSA) is 38.3 Å². The van der Waals surface area contributed by atoms with Crippen molar-refractivity contribution in [3.63, 3.8) is 0 Å². The van der Waals surface area contributed by atoms with Crippen molar-refractivity contribution >= 4 is 17.7 Å². The van der Waals surface area contributed by atoms with Crippen LogP contribution in [0.5, 0.6) is 0 Å². The molecule has 2 saturated carbocycles. The quantitative estimate of drug-likeness (QED) is 0.848. The monoisotopic (exact) mass is 309 g/mol. The molecule has 1 N–H and O–H groups in total. The van der Waals surface area contributed by atoms with Gasteiger partial charge < -0.3 is 4.74 Å². The van der Waals surface area contributed by atoms with Gasteiger partial charge in [0.15, 0.2) is 0 Å². The summed E-state index contributed by atoms with van der Waals surface area (Å²) in [5, 5.41) is 3.86. The van der Waals surface area contributed by atoms with Crippen molar-refractivity contribution in [2.24, 2.45) is 0 Å². The summed E-state index contributed by atoms with van der Waals surface area (Å²) in [6.45, 7) is 0. The van der Waals surface area contributed by atoms with E-state index in [1.54, 1.807) is 23.9 Å². The fourth-order valence-electron chi connectivity index (χ4n) is 3.00. The number of thioether (sulfide) groups is 1. The van der Waals surface area contributed by atoms with E-state index in [1.807, 2.05) is 0 Å². The predicted molar refractivity (Wildman–Crippen MR) is 80.8 cm³/mol. The third-order valence-corrected chi connectivity index (χ3v) is 5.50. The minimum Gasteiger partial charge on any atom is -0.468 e. The lowest BCUT2D eigenvalue weighted by atomic mass is 9.97. The van der Waals surface area contributed by atoms with Crippen LogP contribution < -0.4 is 5.32 Å². The molecule has 2 unspecified atom stereocenters. The first kappa shape index (κ1) is 14.9. The molecule has 0 bridgehead atoms. The molecular weight excluding hydrogens is 289 g/mol. The zero-order valence-electron chi connectivity index (χ0n) is 12.1. The van der Waals surface area contributed by atoms with Crippen LogP contribution in [0, 0.1) is 5.82 Å². The summed E-state index contributed by atoms with van der Waals surface area (Å²) >= 11 is 1.72. The van der Waals surface area contributed by atoms with Crippen molar-refractivity contribution in [1.29, 1.82) is 0 Å². The number of methoxy groups -OCH3 is 1. The van der Waals surface area contributed by atoms with Crippen LogP contribution in [0.3, 0.4) is 0 Å². The molecular formula is C16H20FNO2S. The molecule has 0 heterocycles. The standard InChI is InChI=1S/C16H20FNO2S/c1-20-15(19)16(18-12-4-5-12)9-8-14(10-16)21-13-6-2-11(17)3-7-13/h2-3,6-7,12,14,18H,4-5,8-10H2,1H3. The molecule has 0 aromatic heterocycles. The number of halogens is 1. The van der Waals surface area contributed by atoms with Crippen molar-refractivity contribution < 1.29 is 13.9 Å². The summed E-state index contributed by atoms with van der Waals surface area (Å²) in [6.07, 6.45) is 4.85. The molecule has 0 aliphatic heterocycles. The van der Waals surface area contributed by atoms with E-state index in [9.17, 15) is 9.18 Å². The smallest absolute Gasteiger partial charge is 0.326 e. The minimum absolute atomic E-state index is 0.142. The number of carbonyl (C=O) groups is 1. The highest BCUT2D eigenvalue weighted by molar-refractivity contribution is 8.00. The molecule has 0 spiro atoms. The van der Waals surface area contributed by atoms with E-state index in [2.05, 4.69) is 5.32 Å². The second-order valence-electron chi connectivity index (χ2n) is 5.93. The van der Waals surface area contributed by atoms with Crippen LogP contribution in [0.4, 0.5) is 4.39 Å². The van der Waals surface area contributed by atoms with E-state index in [0.29, 0.717) is 11.3 Å². The fraction of sp³-hybridized carbons (Fsp3) is 0.562. The van der Waals surface area contributed by atoms with Gasteiger partial charge in [0, 0.05) is 16.2 Å². The van der Waals surface area contributed by atoms with Crippen LogP contribution in [0.1, 0.15) is 32.1 Å². The van der Waals surface area contributed by atoms with Crippen LogP contribution in [0.15, 0.2) is 29.2 Å². The SMILES string of the molecule is COC(=O)C1(NC2CC2)CCC(Sc2ccc(F)cc2)C1. The Morgan fingerprint density at radius 3 is 2.67 bits per heavy atom. The highest BCUT2D eigenvalue weighted by atomic mass is 32.2. The maximum absolute atomic E-state index is 12.9. The molecule has 2 aliphatic carbocycles. The third-order valence-electron chi connectivity index (χ3n) is 4.22. The Kier molecular flexibility index (Phi) is 4.22. The van der Waals surface area contributed by atoms with Gasteiger partial charge in [-0.05, 0) is 56.4 Å². The Hall–Kier alpha value is -1.07. The Bertz CT molecular complexity index is 518. The lowest BCUT2D eigenvalue weighted by molar-refractivity contribution is -0.148. The van der Waals surface area contributed by atoms with Gasteiger partial charge in [0.2, 0.25) is 0 Å². The van der Waals surface area contributed by atoms with E-state index >= 15 is 0 Å². The molecule has 2 atom stereocenters. The third kappa shape index (κ3) is 3.40. The molecule has 21 heavy (non-hydrogen) atoms. The Balaban J connectivity index is 1.66. The average Bonchev–Trinajstić information content (AvgIpc) is 3.20. The van der Waals surface area contributed by atoms with Crippen LogP contribution >= 0.6 is 11.8 Å². The Morgan fingerprint density at radius 1 is 1.33 bits per heavy atom. The van der Waals surface area contributed by atoms with E-state index in [4.69, 9.17) is 4.74 Å². The van der Waals surface area contributed by atoms with Crippen LogP contribution in [-0.2, 0) is 9.53 Å². The van der Waals surface area contributed by atoms with E-state index in [1.165, 1.54) is 19.2 Å². The molecule has 3 rings (SSSR count). The molecule has 2 aliphatic rings. The van der Waals surface area contributed by atoms with Crippen molar-refractivity contribution in [2.75, 3.05) is 7.11 Å². The number of ether oxygens (including phenoxy) is 1. The Morgan fingerprint density at radius 2 is 2.05 bits per heavy atom. The second-order valence-corrected chi connectivity index (χ2v) is 7.30. The van der Waals surface area contributed by atoms with Gasteiger partial charge in [-0.1, -0.05) is 0 Å². The van der Waals surface area contributed by atoms with Gasteiger partial charge in [0.1, 0.15) is 11.4 Å². The van der Waals surface area contributed by atoms with Crippen molar-refractivity contribution in [2.45, 2.75) is 53.8 Å². The summed E-state index contributed by atoms with van der Waals surface area (Å²) in [6, 6.07) is 7.03. The average molecular weight is 309 g/mol. The van der Waals surface area contributed by atoms with Crippen LogP contribution in [-0.4, -0.2) is 29.9 Å². The lowest BCUT2D eigenvalue weighted by Crippen LogP contribution is -2.52. The van der Waals surface area contributed by atoms with Gasteiger partial charge in [0.25, 0.3) is 0 Å².